The van der Waals surface area contributed by atoms with Crippen LogP contribution < -0.4 is 15.7 Å². The number of nitrogens with one attached hydrogen (secondary N) is 1. The SMILES string of the molecule is O=c1oc2cc(-c3ccncc3)ccc2cc1OCCCN1CCC(NCc2ccccc2)CC1. The third-order valence-electron chi connectivity index (χ3n) is 6.62. The van der Waals surface area contributed by atoms with E-state index in [1.807, 2.05) is 30.3 Å². The molecule has 180 valence electrons. The quantitative estimate of drug-likeness (QED) is 0.278. The van der Waals surface area contributed by atoms with Crippen LogP contribution in [0, 0.1) is 0 Å². The van der Waals surface area contributed by atoms with Crippen LogP contribution in [0.15, 0.2) is 88.3 Å². The fraction of sp³-hybridized carbons (Fsp3) is 0.310. The van der Waals surface area contributed by atoms with Crippen molar-refractivity contribution in [1.82, 2.24) is 15.2 Å². The van der Waals surface area contributed by atoms with Crippen LogP contribution in [0.4, 0.5) is 0 Å². The van der Waals surface area contributed by atoms with Gasteiger partial charge in [0.05, 0.1) is 6.61 Å². The van der Waals surface area contributed by atoms with E-state index in [1.165, 1.54) is 5.56 Å². The zero-order valence-corrected chi connectivity index (χ0v) is 19.9. The highest BCUT2D eigenvalue weighted by Gasteiger charge is 2.18. The Morgan fingerprint density at radius 1 is 0.971 bits per heavy atom. The van der Waals surface area contributed by atoms with Crippen LogP contribution in [-0.4, -0.2) is 42.2 Å². The molecular weight excluding hydrogens is 438 g/mol. The number of pyridine rings is 1. The van der Waals surface area contributed by atoms with E-state index >= 15 is 0 Å². The molecular formula is C29H31N3O3. The second kappa shape index (κ2) is 11.3. The van der Waals surface area contributed by atoms with Crippen molar-refractivity contribution in [3.63, 3.8) is 0 Å². The van der Waals surface area contributed by atoms with E-state index in [4.69, 9.17) is 9.15 Å². The number of piperidine rings is 1. The van der Waals surface area contributed by atoms with Gasteiger partial charge in [-0.2, -0.15) is 0 Å². The van der Waals surface area contributed by atoms with E-state index in [0.717, 1.165) is 62.0 Å². The van der Waals surface area contributed by atoms with Crippen molar-refractivity contribution in [3.05, 3.63) is 95.1 Å². The standard InChI is InChI=1S/C29H31N3O3/c33-29-28(20-25-8-7-24(19-27(25)35-29)23-9-13-30-14-10-23)34-18-4-15-32-16-11-26(12-17-32)31-21-22-5-2-1-3-6-22/h1-3,5-10,13-14,19-20,26,31H,4,11-12,15-18,21H2. The zero-order valence-electron chi connectivity index (χ0n) is 19.9. The Labute approximate surface area is 205 Å². The number of ether oxygens (including phenoxy) is 1. The predicted molar refractivity (Wildman–Crippen MR) is 139 cm³/mol. The predicted octanol–water partition coefficient (Wildman–Crippen LogP) is 4.88. The number of fused-ring (bicyclic) bond motifs is 1. The third kappa shape index (κ3) is 6.15. The molecule has 0 spiro atoms. The summed E-state index contributed by atoms with van der Waals surface area (Å²) in [6, 6.07) is 22.6. The van der Waals surface area contributed by atoms with Crippen molar-refractivity contribution in [1.29, 1.82) is 0 Å². The molecule has 2 aromatic carbocycles. The van der Waals surface area contributed by atoms with Crippen LogP contribution in [0.1, 0.15) is 24.8 Å². The minimum Gasteiger partial charge on any atom is -0.486 e. The summed E-state index contributed by atoms with van der Waals surface area (Å²) in [4.78, 5) is 19.0. The molecule has 0 saturated carbocycles. The number of rotatable bonds is 9. The lowest BCUT2D eigenvalue weighted by atomic mass is 10.0. The minimum absolute atomic E-state index is 0.276. The lowest BCUT2D eigenvalue weighted by Crippen LogP contribution is -2.42. The molecule has 4 aromatic rings. The molecule has 0 radical (unpaired) electrons. The van der Waals surface area contributed by atoms with Gasteiger partial charge in [0.25, 0.3) is 0 Å². The van der Waals surface area contributed by atoms with Crippen molar-refractivity contribution in [2.75, 3.05) is 26.2 Å². The van der Waals surface area contributed by atoms with Crippen LogP contribution in [0.5, 0.6) is 5.75 Å². The summed E-state index contributed by atoms with van der Waals surface area (Å²) in [7, 11) is 0. The molecule has 2 aromatic heterocycles. The van der Waals surface area contributed by atoms with Crippen LogP contribution in [0.25, 0.3) is 22.1 Å². The molecule has 3 heterocycles. The summed E-state index contributed by atoms with van der Waals surface area (Å²) in [5.41, 5.74) is 3.46. The van der Waals surface area contributed by atoms with E-state index in [1.54, 1.807) is 18.5 Å². The number of likely N-dealkylation sites (tertiary alicyclic amines) is 1. The molecule has 35 heavy (non-hydrogen) atoms. The summed E-state index contributed by atoms with van der Waals surface area (Å²) in [6.07, 6.45) is 6.68. The van der Waals surface area contributed by atoms with Crippen LogP contribution in [-0.2, 0) is 6.54 Å². The Bertz CT molecular complexity index is 1280. The first-order chi connectivity index (χ1) is 17.2. The van der Waals surface area contributed by atoms with Crippen LogP contribution in [0.2, 0.25) is 0 Å². The number of hydrogen-bond donors (Lipinski definition) is 1. The lowest BCUT2D eigenvalue weighted by molar-refractivity contribution is 0.180. The highest BCUT2D eigenvalue weighted by molar-refractivity contribution is 5.83. The van der Waals surface area contributed by atoms with Crippen LogP contribution in [0.3, 0.4) is 0 Å². The van der Waals surface area contributed by atoms with Gasteiger partial charge in [-0.25, -0.2) is 4.79 Å². The van der Waals surface area contributed by atoms with Crippen molar-refractivity contribution < 1.29 is 9.15 Å². The van der Waals surface area contributed by atoms with Gasteiger partial charge in [0, 0.05) is 36.9 Å². The maximum Gasteiger partial charge on any atom is 0.379 e. The maximum atomic E-state index is 12.5. The molecule has 0 aliphatic carbocycles. The van der Waals surface area contributed by atoms with Gasteiger partial charge < -0.3 is 19.4 Å². The monoisotopic (exact) mass is 469 g/mol. The smallest absolute Gasteiger partial charge is 0.379 e. The number of benzene rings is 2. The highest BCUT2D eigenvalue weighted by atomic mass is 16.5. The van der Waals surface area contributed by atoms with Gasteiger partial charge in [-0.15, -0.1) is 0 Å². The molecule has 0 bridgehead atoms. The maximum absolute atomic E-state index is 12.5. The fourth-order valence-corrected chi connectivity index (χ4v) is 4.61. The largest absolute Gasteiger partial charge is 0.486 e. The van der Waals surface area contributed by atoms with E-state index in [2.05, 4.69) is 45.5 Å². The fourth-order valence-electron chi connectivity index (χ4n) is 4.61. The van der Waals surface area contributed by atoms with Crippen molar-refractivity contribution in [3.8, 4) is 16.9 Å². The second-order valence-corrected chi connectivity index (χ2v) is 9.07. The molecule has 1 saturated heterocycles. The van der Waals surface area contributed by atoms with Gasteiger partial charge in [0.15, 0.2) is 0 Å². The molecule has 1 aliphatic heterocycles. The lowest BCUT2D eigenvalue weighted by Gasteiger charge is -2.32. The zero-order chi connectivity index (χ0) is 23.9. The molecule has 1 fully saturated rings. The summed E-state index contributed by atoms with van der Waals surface area (Å²) >= 11 is 0. The van der Waals surface area contributed by atoms with Gasteiger partial charge in [0.1, 0.15) is 5.58 Å². The van der Waals surface area contributed by atoms with Crippen LogP contribution >= 0.6 is 0 Å². The highest BCUT2D eigenvalue weighted by Crippen LogP contribution is 2.25. The molecule has 6 nitrogen and oxygen atoms in total. The minimum atomic E-state index is -0.435. The molecule has 0 atom stereocenters. The summed E-state index contributed by atoms with van der Waals surface area (Å²) in [5.74, 6) is 0.276. The topological polar surface area (TPSA) is 67.6 Å². The van der Waals surface area contributed by atoms with E-state index in [-0.39, 0.29) is 5.75 Å². The first-order valence-corrected chi connectivity index (χ1v) is 12.4. The number of nitrogens with zero attached hydrogens (tertiary/aromatic N) is 2. The molecule has 1 N–H and O–H groups in total. The molecule has 5 rings (SSSR count). The Morgan fingerprint density at radius 2 is 1.77 bits per heavy atom. The first-order valence-electron chi connectivity index (χ1n) is 12.4. The second-order valence-electron chi connectivity index (χ2n) is 9.07. The van der Waals surface area contributed by atoms with Gasteiger partial charge in [-0.3, -0.25) is 4.98 Å². The van der Waals surface area contributed by atoms with Gasteiger partial charge in [-0.05, 0) is 73.3 Å². The average Bonchev–Trinajstić information content (AvgIpc) is 2.91. The molecule has 0 unspecified atom stereocenters. The Balaban J connectivity index is 1.07. The first kappa shape index (κ1) is 23.3. The Kier molecular flexibility index (Phi) is 7.51. The molecule has 1 aliphatic rings. The van der Waals surface area contributed by atoms with Crippen molar-refractivity contribution >= 4 is 11.0 Å². The summed E-state index contributed by atoms with van der Waals surface area (Å²) in [5, 5.41) is 4.53. The van der Waals surface area contributed by atoms with Gasteiger partial charge >= 0.3 is 5.63 Å². The Morgan fingerprint density at radius 3 is 2.57 bits per heavy atom. The van der Waals surface area contributed by atoms with Crippen molar-refractivity contribution in [2.45, 2.75) is 31.8 Å². The van der Waals surface area contributed by atoms with Gasteiger partial charge in [0.2, 0.25) is 5.75 Å². The van der Waals surface area contributed by atoms with Gasteiger partial charge in [-0.1, -0.05) is 42.5 Å². The number of aromatic nitrogens is 1. The average molecular weight is 470 g/mol. The summed E-state index contributed by atoms with van der Waals surface area (Å²) in [6.45, 7) is 4.57. The van der Waals surface area contributed by atoms with E-state index in [0.29, 0.717) is 18.2 Å². The Hall–Kier alpha value is -3.48. The van der Waals surface area contributed by atoms with E-state index < -0.39 is 5.63 Å². The molecule has 6 heteroatoms. The summed E-state index contributed by atoms with van der Waals surface area (Å²) < 4.78 is 11.4. The normalized spacial score (nSPS) is 14.9. The number of hydrogen-bond acceptors (Lipinski definition) is 6. The van der Waals surface area contributed by atoms with Crippen molar-refractivity contribution in [2.24, 2.45) is 0 Å². The van der Waals surface area contributed by atoms with E-state index in [9.17, 15) is 4.79 Å². The molecule has 0 amide bonds. The third-order valence-corrected chi connectivity index (χ3v) is 6.62.